The lowest BCUT2D eigenvalue weighted by molar-refractivity contribution is 0.0947. The average Bonchev–Trinajstić information content (AvgIpc) is 2.16. The van der Waals surface area contributed by atoms with Crippen molar-refractivity contribution in [1.82, 2.24) is 10.4 Å². The van der Waals surface area contributed by atoms with Crippen LogP contribution in [0.2, 0.25) is 5.15 Å². The van der Waals surface area contributed by atoms with E-state index in [1.54, 1.807) is 12.1 Å². The van der Waals surface area contributed by atoms with E-state index in [0.717, 1.165) is 5.56 Å². The number of hydrogen-bond donors (Lipinski definition) is 2. The Kier molecular flexibility index (Phi) is 3.43. The molecule has 0 radical (unpaired) electrons. The molecule has 0 aliphatic rings. The lowest BCUT2D eigenvalue weighted by Gasteiger charge is -2.10. The highest BCUT2D eigenvalue weighted by Gasteiger charge is 2.14. The predicted octanol–water partition coefficient (Wildman–Crippen LogP) is 1.46. The van der Waals surface area contributed by atoms with E-state index >= 15 is 0 Å². The van der Waals surface area contributed by atoms with Gasteiger partial charge in [-0.15, -0.1) is 0 Å². The van der Waals surface area contributed by atoms with Crippen molar-refractivity contribution in [1.29, 1.82) is 0 Å². The monoisotopic (exact) mass is 213 g/mol. The van der Waals surface area contributed by atoms with E-state index in [0.29, 0.717) is 0 Å². The highest BCUT2D eigenvalue weighted by Crippen LogP contribution is 2.19. The SMILES string of the molecule is CC(C)c1ccc(Cl)nc1C(=O)NN. The largest absolute Gasteiger partial charge is 0.289 e. The first-order valence-corrected chi connectivity index (χ1v) is 4.61. The van der Waals surface area contributed by atoms with Gasteiger partial charge in [0.1, 0.15) is 10.8 Å². The molecule has 14 heavy (non-hydrogen) atoms. The number of nitrogens with one attached hydrogen (secondary N) is 1. The molecule has 0 fully saturated rings. The molecule has 0 atom stereocenters. The number of nitrogens with zero attached hydrogens (tertiary/aromatic N) is 1. The zero-order valence-electron chi connectivity index (χ0n) is 8.04. The number of carbonyl (C=O) groups is 1. The van der Waals surface area contributed by atoms with Crippen LogP contribution >= 0.6 is 11.6 Å². The molecule has 0 aliphatic heterocycles. The quantitative estimate of drug-likeness (QED) is 0.338. The molecule has 5 heteroatoms. The van der Waals surface area contributed by atoms with Crippen molar-refractivity contribution in [3.63, 3.8) is 0 Å². The molecule has 1 rings (SSSR count). The first-order chi connectivity index (χ1) is 6.56. The number of hydrazine groups is 1. The molecule has 76 valence electrons. The number of pyridine rings is 1. The number of carbonyl (C=O) groups excluding carboxylic acids is 1. The maximum atomic E-state index is 11.3. The van der Waals surface area contributed by atoms with E-state index < -0.39 is 5.91 Å². The highest BCUT2D eigenvalue weighted by atomic mass is 35.5. The molecule has 3 N–H and O–H groups in total. The van der Waals surface area contributed by atoms with Crippen LogP contribution in [0.5, 0.6) is 0 Å². The van der Waals surface area contributed by atoms with E-state index in [2.05, 4.69) is 4.98 Å². The summed E-state index contributed by atoms with van der Waals surface area (Å²) >= 11 is 5.69. The van der Waals surface area contributed by atoms with Crippen LogP contribution in [0.15, 0.2) is 12.1 Å². The lowest BCUT2D eigenvalue weighted by atomic mass is 10.0. The Bertz CT molecular complexity index is 352. The Morgan fingerprint density at radius 1 is 1.57 bits per heavy atom. The molecule has 0 saturated heterocycles. The maximum absolute atomic E-state index is 11.3. The fourth-order valence-electron chi connectivity index (χ4n) is 1.16. The molecular formula is C9H12ClN3O. The summed E-state index contributed by atoms with van der Waals surface area (Å²) in [6.45, 7) is 3.94. The Hall–Kier alpha value is -1.13. The lowest BCUT2D eigenvalue weighted by Crippen LogP contribution is -2.31. The van der Waals surface area contributed by atoms with Gasteiger partial charge in [-0.2, -0.15) is 0 Å². The number of hydrogen-bond acceptors (Lipinski definition) is 3. The van der Waals surface area contributed by atoms with E-state index in [9.17, 15) is 4.79 Å². The number of nitrogen functional groups attached to an aromatic ring is 1. The zero-order valence-corrected chi connectivity index (χ0v) is 8.80. The third-order valence-electron chi connectivity index (χ3n) is 1.86. The fraction of sp³-hybridized carbons (Fsp3) is 0.333. The van der Waals surface area contributed by atoms with Crippen molar-refractivity contribution in [2.75, 3.05) is 0 Å². The van der Waals surface area contributed by atoms with Crippen LogP contribution < -0.4 is 11.3 Å². The van der Waals surface area contributed by atoms with Crippen LogP contribution in [0.1, 0.15) is 35.8 Å². The normalized spacial score (nSPS) is 10.4. The van der Waals surface area contributed by atoms with Crippen molar-refractivity contribution in [3.05, 3.63) is 28.5 Å². The summed E-state index contributed by atoms with van der Waals surface area (Å²) < 4.78 is 0. The van der Waals surface area contributed by atoms with E-state index in [1.165, 1.54) is 0 Å². The van der Waals surface area contributed by atoms with Gasteiger partial charge in [0.05, 0.1) is 0 Å². The van der Waals surface area contributed by atoms with Gasteiger partial charge >= 0.3 is 0 Å². The number of nitrogens with two attached hydrogens (primary N) is 1. The minimum absolute atomic E-state index is 0.201. The van der Waals surface area contributed by atoms with Gasteiger partial charge in [-0.1, -0.05) is 31.5 Å². The number of amides is 1. The molecule has 0 bridgehead atoms. The van der Waals surface area contributed by atoms with E-state index in [-0.39, 0.29) is 16.8 Å². The fourth-order valence-corrected chi connectivity index (χ4v) is 1.31. The van der Waals surface area contributed by atoms with Gasteiger partial charge < -0.3 is 0 Å². The van der Waals surface area contributed by atoms with Crippen LogP contribution in [0.4, 0.5) is 0 Å². The molecular weight excluding hydrogens is 202 g/mol. The molecule has 1 aromatic rings. The minimum atomic E-state index is -0.420. The topological polar surface area (TPSA) is 68.0 Å². The van der Waals surface area contributed by atoms with Crippen molar-refractivity contribution in [2.45, 2.75) is 19.8 Å². The third kappa shape index (κ3) is 2.21. The molecule has 0 spiro atoms. The standard InChI is InChI=1S/C9H12ClN3O/c1-5(2)6-3-4-7(10)12-8(6)9(14)13-11/h3-5H,11H2,1-2H3,(H,13,14). The van der Waals surface area contributed by atoms with Gasteiger partial charge in [-0.05, 0) is 17.5 Å². The highest BCUT2D eigenvalue weighted by molar-refractivity contribution is 6.29. The van der Waals surface area contributed by atoms with Crippen molar-refractivity contribution in [3.8, 4) is 0 Å². The minimum Gasteiger partial charge on any atom is -0.289 e. The Morgan fingerprint density at radius 2 is 2.21 bits per heavy atom. The second-order valence-corrected chi connectivity index (χ2v) is 3.59. The molecule has 1 heterocycles. The zero-order chi connectivity index (χ0) is 10.7. The van der Waals surface area contributed by atoms with E-state index in [4.69, 9.17) is 17.4 Å². The summed E-state index contributed by atoms with van der Waals surface area (Å²) in [4.78, 5) is 15.3. The summed E-state index contributed by atoms with van der Waals surface area (Å²) in [5, 5.41) is 0.285. The Balaban J connectivity index is 3.22. The predicted molar refractivity (Wildman–Crippen MR) is 55.0 cm³/mol. The molecule has 1 aromatic heterocycles. The third-order valence-corrected chi connectivity index (χ3v) is 2.07. The summed E-state index contributed by atoms with van der Waals surface area (Å²) in [5.41, 5.74) is 3.16. The van der Waals surface area contributed by atoms with Gasteiger partial charge in [0, 0.05) is 0 Å². The van der Waals surface area contributed by atoms with Crippen LogP contribution in [0, 0.1) is 0 Å². The summed E-state index contributed by atoms with van der Waals surface area (Å²) in [6, 6.07) is 3.44. The van der Waals surface area contributed by atoms with Gasteiger partial charge in [0.25, 0.3) is 5.91 Å². The van der Waals surface area contributed by atoms with Crippen molar-refractivity contribution in [2.24, 2.45) is 5.84 Å². The van der Waals surface area contributed by atoms with Crippen LogP contribution in [-0.2, 0) is 0 Å². The van der Waals surface area contributed by atoms with Gasteiger partial charge in [0.15, 0.2) is 0 Å². The van der Waals surface area contributed by atoms with Gasteiger partial charge in [0.2, 0.25) is 0 Å². The number of rotatable bonds is 2. The smallest absolute Gasteiger partial charge is 0.284 e. The summed E-state index contributed by atoms with van der Waals surface area (Å²) in [6.07, 6.45) is 0. The molecule has 0 unspecified atom stereocenters. The van der Waals surface area contributed by atoms with E-state index in [1.807, 2.05) is 19.3 Å². The maximum Gasteiger partial charge on any atom is 0.284 e. The first kappa shape index (κ1) is 10.9. The second kappa shape index (κ2) is 4.39. The average molecular weight is 214 g/mol. The first-order valence-electron chi connectivity index (χ1n) is 4.23. The van der Waals surface area contributed by atoms with Crippen LogP contribution in [-0.4, -0.2) is 10.9 Å². The van der Waals surface area contributed by atoms with Crippen LogP contribution in [0.25, 0.3) is 0 Å². The summed E-state index contributed by atoms with van der Waals surface area (Å²) in [5.74, 6) is 4.82. The molecule has 1 amide bonds. The van der Waals surface area contributed by atoms with Crippen molar-refractivity contribution >= 4 is 17.5 Å². The molecule has 0 aromatic carbocycles. The number of aromatic nitrogens is 1. The molecule has 0 saturated carbocycles. The number of halogens is 1. The molecule has 0 aliphatic carbocycles. The second-order valence-electron chi connectivity index (χ2n) is 3.20. The van der Waals surface area contributed by atoms with Crippen LogP contribution in [0.3, 0.4) is 0 Å². The summed E-state index contributed by atoms with van der Waals surface area (Å²) in [7, 11) is 0. The van der Waals surface area contributed by atoms with Gasteiger partial charge in [-0.25, -0.2) is 10.8 Å². The molecule has 4 nitrogen and oxygen atoms in total. The Morgan fingerprint density at radius 3 is 2.71 bits per heavy atom. The van der Waals surface area contributed by atoms with Crippen molar-refractivity contribution < 1.29 is 4.79 Å². The van der Waals surface area contributed by atoms with Gasteiger partial charge in [-0.3, -0.25) is 10.2 Å². The Labute approximate surface area is 87.4 Å².